The first-order chi connectivity index (χ1) is 18.3. The predicted molar refractivity (Wildman–Crippen MR) is 143 cm³/mol. The average Bonchev–Trinajstić information content (AvgIpc) is 3.44. The quantitative estimate of drug-likeness (QED) is 0.261. The van der Waals surface area contributed by atoms with E-state index < -0.39 is 30.1 Å². The second kappa shape index (κ2) is 11.4. The van der Waals surface area contributed by atoms with Gasteiger partial charge in [-0.1, -0.05) is 12.1 Å². The number of aliphatic hydroxyl groups excluding tert-OH is 3. The number of para-hydroxylation sites is 1. The van der Waals surface area contributed by atoms with Gasteiger partial charge in [0.2, 0.25) is 17.8 Å². The van der Waals surface area contributed by atoms with E-state index in [1.54, 1.807) is 0 Å². The Kier molecular flexibility index (Phi) is 8.00. The minimum Gasteiger partial charge on any atom is -0.396 e. The van der Waals surface area contributed by atoms with E-state index in [0.717, 1.165) is 23.1 Å². The molecule has 204 valence electrons. The van der Waals surface area contributed by atoms with Crippen LogP contribution in [-0.2, 0) is 9.59 Å². The van der Waals surface area contributed by atoms with E-state index in [9.17, 15) is 24.9 Å². The maximum absolute atomic E-state index is 13.5. The molecule has 1 aromatic carbocycles. The van der Waals surface area contributed by atoms with Crippen LogP contribution < -0.4 is 16.4 Å². The molecular weight excluding hydrogens is 510 g/mol. The van der Waals surface area contributed by atoms with Crippen molar-refractivity contribution in [2.45, 2.75) is 43.4 Å². The van der Waals surface area contributed by atoms with Crippen LogP contribution in [0.4, 0.5) is 0 Å². The van der Waals surface area contributed by atoms with E-state index in [2.05, 4.69) is 15.6 Å². The minimum atomic E-state index is -1.16. The lowest BCUT2D eigenvalue weighted by Crippen LogP contribution is -2.53. The van der Waals surface area contributed by atoms with E-state index in [1.807, 2.05) is 29.2 Å². The van der Waals surface area contributed by atoms with Crippen LogP contribution in [-0.4, -0.2) is 99.8 Å². The standard InChI is InChI=1S/C25H33N7O5S/c26-18(34)11-27-10-13-5-7-32(8-6-13)25-30-22(28-16-9-14(12-33)20(35)21(16)36)19(23(37)31-25)24-29-15-3-1-2-4-17(15)38-24/h1-4,13-14,16,19-21,27,33,35-36H,5-12H2,(H2,26,34)(H,28,30,31,37)/t14-,16-,19?,20-,21+/m1/s1. The highest BCUT2D eigenvalue weighted by atomic mass is 32.1. The van der Waals surface area contributed by atoms with Gasteiger partial charge in [-0.25, -0.2) is 4.98 Å². The van der Waals surface area contributed by atoms with Gasteiger partial charge in [0, 0.05) is 25.6 Å². The van der Waals surface area contributed by atoms with E-state index in [0.29, 0.717) is 36.5 Å². The molecular formula is C25H33N7O5S. The third-order valence-corrected chi connectivity index (χ3v) is 8.58. The molecule has 12 nitrogen and oxygen atoms in total. The number of nitrogens with zero attached hydrogens (tertiary/aromatic N) is 4. The lowest BCUT2D eigenvalue weighted by atomic mass is 9.97. The number of hydrogen-bond acceptors (Lipinski definition) is 10. The van der Waals surface area contributed by atoms with Crippen molar-refractivity contribution in [2.24, 2.45) is 27.6 Å². The summed E-state index contributed by atoms with van der Waals surface area (Å²) in [6, 6.07) is 6.92. The molecule has 2 fully saturated rings. The highest BCUT2D eigenvalue weighted by Crippen LogP contribution is 2.34. The van der Waals surface area contributed by atoms with Gasteiger partial charge < -0.3 is 31.3 Å². The molecule has 0 radical (unpaired) electrons. The number of piperidine rings is 1. The average molecular weight is 544 g/mol. The topological polar surface area (TPSA) is 186 Å². The summed E-state index contributed by atoms with van der Waals surface area (Å²) in [5.74, 6) is -1.03. The number of likely N-dealkylation sites (tertiary alicyclic amines) is 1. The van der Waals surface area contributed by atoms with Crippen LogP contribution in [0, 0.1) is 11.8 Å². The summed E-state index contributed by atoms with van der Waals surface area (Å²) in [6.45, 7) is 1.90. The smallest absolute Gasteiger partial charge is 0.244 e. The first kappa shape index (κ1) is 26.6. The monoisotopic (exact) mass is 543 g/mol. The lowest BCUT2D eigenvalue weighted by molar-refractivity contribution is -0.120. The number of amides is 2. The number of carbonyl (C=O) groups excluding carboxylic acids is 2. The van der Waals surface area contributed by atoms with Crippen LogP contribution in [0.1, 0.15) is 30.2 Å². The van der Waals surface area contributed by atoms with Crippen molar-refractivity contribution in [3.63, 3.8) is 0 Å². The molecule has 0 bridgehead atoms. The van der Waals surface area contributed by atoms with E-state index in [-0.39, 0.29) is 37.2 Å². The van der Waals surface area contributed by atoms with Crippen LogP contribution in [0.5, 0.6) is 0 Å². The summed E-state index contributed by atoms with van der Waals surface area (Å²) in [5.41, 5.74) is 5.97. The SMILES string of the molecule is NC(=O)CNCC1CCN(C2=NC(=N[C@@H]3C[C@H](CO)[C@@H](O)[C@H]3O)C(c3nc4ccccc4s3)C(=O)N2)CC1. The number of nitrogens with two attached hydrogens (primary N) is 1. The van der Waals surface area contributed by atoms with Gasteiger partial charge in [-0.2, -0.15) is 4.99 Å². The van der Waals surface area contributed by atoms with E-state index in [1.165, 1.54) is 11.3 Å². The second-order valence-corrected chi connectivity index (χ2v) is 11.2. The fraction of sp³-hybridized carbons (Fsp3) is 0.560. The van der Waals surface area contributed by atoms with Gasteiger partial charge in [0.05, 0.1) is 28.9 Å². The molecule has 1 aliphatic carbocycles. The third kappa shape index (κ3) is 5.57. The Morgan fingerprint density at radius 3 is 2.68 bits per heavy atom. The van der Waals surface area contributed by atoms with Gasteiger partial charge in [-0.3, -0.25) is 19.9 Å². The van der Waals surface area contributed by atoms with Crippen molar-refractivity contribution < 1.29 is 24.9 Å². The fourth-order valence-corrected chi connectivity index (χ4v) is 6.38. The first-order valence-electron chi connectivity index (χ1n) is 12.9. The normalized spacial score (nSPS) is 29.6. The summed E-state index contributed by atoms with van der Waals surface area (Å²) < 4.78 is 0.938. The van der Waals surface area contributed by atoms with E-state index in [4.69, 9.17) is 15.7 Å². The zero-order valence-corrected chi connectivity index (χ0v) is 21.7. The molecule has 1 saturated heterocycles. The number of benzene rings is 1. The van der Waals surface area contributed by atoms with Crippen molar-refractivity contribution in [1.29, 1.82) is 0 Å². The number of hydrogen-bond donors (Lipinski definition) is 6. The summed E-state index contributed by atoms with van der Waals surface area (Å²) in [4.78, 5) is 40.6. The lowest BCUT2D eigenvalue weighted by Gasteiger charge is -2.36. The Hall–Kier alpha value is -2.97. The zero-order valence-electron chi connectivity index (χ0n) is 20.9. The first-order valence-corrected chi connectivity index (χ1v) is 13.7. The van der Waals surface area contributed by atoms with Gasteiger partial charge in [-0.15, -0.1) is 11.3 Å². The van der Waals surface area contributed by atoms with Crippen molar-refractivity contribution >= 4 is 45.2 Å². The van der Waals surface area contributed by atoms with Crippen LogP contribution in [0.2, 0.25) is 0 Å². The maximum Gasteiger partial charge on any atom is 0.244 e. The molecule has 2 amide bonds. The molecule has 13 heteroatoms. The van der Waals surface area contributed by atoms with Crippen LogP contribution in [0.15, 0.2) is 34.3 Å². The molecule has 2 aromatic rings. The van der Waals surface area contributed by atoms with Crippen LogP contribution >= 0.6 is 11.3 Å². The number of nitrogens with one attached hydrogen (secondary N) is 2. The summed E-state index contributed by atoms with van der Waals surface area (Å²) >= 11 is 1.39. The molecule has 38 heavy (non-hydrogen) atoms. The molecule has 1 unspecified atom stereocenters. The Morgan fingerprint density at radius 1 is 1.24 bits per heavy atom. The Labute approximate surface area is 223 Å². The Bertz CT molecular complexity index is 1210. The van der Waals surface area contributed by atoms with Crippen molar-refractivity contribution in [3.05, 3.63) is 29.3 Å². The van der Waals surface area contributed by atoms with Crippen LogP contribution in [0.25, 0.3) is 10.2 Å². The molecule has 1 aromatic heterocycles. The largest absolute Gasteiger partial charge is 0.396 e. The number of guanidine groups is 1. The number of primary amides is 1. The van der Waals surface area contributed by atoms with Crippen molar-refractivity contribution in [1.82, 2.24) is 20.5 Å². The van der Waals surface area contributed by atoms with Gasteiger partial charge >= 0.3 is 0 Å². The van der Waals surface area contributed by atoms with Gasteiger partial charge in [-0.05, 0) is 43.9 Å². The Morgan fingerprint density at radius 2 is 2.00 bits per heavy atom. The summed E-state index contributed by atoms with van der Waals surface area (Å²) in [6.07, 6.45) is -0.285. The molecule has 2 aliphatic heterocycles. The number of amidine groups is 1. The summed E-state index contributed by atoms with van der Waals surface area (Å²) in [5, 5.41) is 37.1. The van der Waals surface area contributed by atoms with Gasteiger partial charge in [0.1, 0.15) is 22.9 Å². The molecule has 3 aliphatic rings. The number of carbonyl (C=O) groups is 2. The molecule has 0 spiro atoms. The number of aromatic nitrogens is 1. The molecule has 7 N–H and O–H groups in total. The molecule has 5 atom stereocenters. The molecule has 3 heterocycles. The second-order valence-electron chi connectivity index (χ2n) is 10.1. The zero-order chi connectivity index (χ0) is 26.8. The highest BCUT2D eigenvalue weighted by molar-refractivity contribution is 7.18. The number of aliphatic hydroxyl groups is 3. The summed E-state index contributed by atoms with van der Waals surface area (Å²) in [7, 11) is 0. The van der Waals surface area contributed by atoms with E-state index >= 15 is 0 Å². The van der Waals surface area contributed by atoms with Crippen LogP contribution in [0.3, 0.4) is 0 Å². The van der Waals surface area contributed by atoms with Crippen molar-refractivity contribution in [3.8, 4) is 0 Å². The number of rotatable bonds is 7. The highest BCUT2D eigenvalue weighted by Gasteiger charge is 2.43. The Balaban J connectivity index is 1.40. The number of fused-ring (bicyclic) bond motifs is 1. The van der Waals surface area contributed by atoms with Crippen molar-refractivity contribution in [2.75, 3.05) is 32.8 Å². The number of thiazole rings is 1. The number of aliphatic imine (C=N–C) groups is 2. The van der Waals surface area contributed by atoms with Gasteiger partial charge in [0.25, 0.3) is 0 Å². The maximum atomic E-state index is 13.5. The predicted octanol–water partition coefficient (Wildman–Crippen LogP) is -0.846. The minimum absolute atomic E-state index is 0.148. The fourth-order valence-electron chi connectivity index (χ4n) is 5.32. The molecule has 5 rings (SSSR count). The molecule has 1 saturated carbocycles. The third-order valence-electron chi connectivity index (χ3n) is 7.48. The van der Waals surface area contributed by atoms with Gasteiger partial charge in [0.15, 0.2) is 0 Å².